The van der Waals surface area contributed by atoms with E-state index in [2.05, 4.69) is 19.2 Å². The Kier molecular flexibility index (Phi) is 12.6. The van der Waals surface area contributed by atoms with Crippen molar-refractivity contribution in [1.82, 2.24) is 5.32 Å². The summed E-state index contributed by atoms with van der Waals surface area (Å²) in [5.41, 5.74) is 0.104. The van der Waals surface area contributed by atoms with Crippen LogP contribution >= 0.6 is 0 Å². The number of amides is 1. The van der Waals surface area contributed by atoms with E-state index in [0.717, 1.165) is 12.8 Å². The molecule has 1 amide bonds. The van der Waals surface area contributed by atoms with Crippen LogP contribution < -0.4 is 5.32 Å². The Morgan fingerprint density at radius 3 is 2.30 bits per heavy atom. The van der Waals surface area contributed by atoms with Gasteiger partial charge in [-0.05, 0) is 39.2 Å². The van der Waals surface area contributed by atoms with E-state index in [4.69, 9.17) is 4.74 Å². The molecule has 1 rings (SSSR count). The molecule has 0 saturated heterocycles. The van der Waals surface area contributed by atoms with E-state index < -0.39 is 23.9 Å². The van der Waals surface area contributed by atoms with Gasteiger partial charge < -0.3 is 20.3 Å². The lowest BCUT2D eigenvalue weighted by Crippen LogP contribution is -2.41. The Hall–Kier alpha value is -1.33. The smallest absolute Gasteiger partial charge is 0.407 e. The fraction of sp³-hybridized carbons (Fsp3) is 0.722. The van der Waals surface area contributed by atoms with Gasteiger partial charge in [0.2, 0.25) is 0 Å². The minimum atomic E-state index is -1.05. The highest BCUT2D eigenvalue weighted by Gasteiger charge is 2.22. The third-order valence-corrected chi connectivity index (χ3v) is 2.58. The number of rotatable bonds is 4. The zero-order valence-corrected chi connectivity index (χ0v) is 14.4. The Morgan fingerprint density at radius 2 is 1.87 bits per heavy atom. The van der Waals surface area contributed by atoms with Crippen molar-refractivity contribution in [2.45, 2.75) is 79.1 Å². The number of carbonyl (C=O) groups is 1. The molecule has 2 unspecified atom stereocenters. The quantitative estimate of drug-likeness (QED) is 0.737. The van der Waals surface area contributed by atoms with Gasteiger partial charge in [0.15, 0.2) is 0 Å². The molecule has 0 heterocycles. The molecule has 136 valence electrons. The molecule has 1 aliphatic rings. The molecule has 3 N–H and O–H groups in total. The number of ether oxygens (including phenoxy) is 1. The normalized spacial score (nSPS) is 16.0. The topological polar surface area (TPSA) is 78.8 Å². The van der Waals surface area contributed by atoms with Crippen molar-refractivity contribution in [1.29, 1.82) is 0 Å². The number of nitrogens with one attached hydrogen (secondary N) is 1. The third-order valence-electron chi connectivity index (χ3n) is 2.58. The van der Waals surface area contributed by atoms with Gasteiger partial charge >= 0.3 is 6.09 Å². The Labute approximate surface area is 141 Å². The first-order valence-electron chi connectivity index (χ1n) is 7.90. The maximum absolute atomic E-state index is 11.4. The van der Waals surface area contributed by atoms with Crippen LogP contribution in [0.5, 0.6) is 0 Å². The molecule has 0 spiro atoms. The zero-order chi connectivity index (χ0) is 17.2. The van der Waals surface area contributed by atoms with Crippen LogP contribution in [0.1, 0.15) is 61.3 Å². The molecule has 0 aromatic rings. The summed E-state index contributed by atoms with van der Waals surface area (Å²) in [5, 5.41) is 22.2. The van der Waals surface area contributed by atoms with Gasteiger partial charge in [-0.3, -0.25) is 0 Å². The molecule has 0 bridgehead atoms. The number of hydrogen-bond donors (Lipinski definition) is 3. The van der Waals surface area contributed by atoms with Crippen LogP contribution in [0.4, 0.5) is 4.79 Å². The lowest BCUT2D eigenvalue weighted by Gasteiger charge is -2.23. The van der Waals surface area contributed by atoms with Crippen LogP contribution in [-0.2, 0) is 4.74 Å². The van der Waals surface area contributed by atoms with Crippen LogP contribution in [0.3, 0.4) is 0 Å². The van der Waals surface area contributed by atoms with Crippen LogP contribution in [0.25, 0.3) is 0 Å². The zero-order valence-electron chi connectivity index (χ0n) is 14.4. The summed E-state index contributed by atoms with van der Waals surface area (Å²) in [6.07, 6.45) is 6.04. The van der Waals surface area contributed by atoms with Crippen molar-refractivity contribution in [2.75, 3.05) is 6.54 Å². The second-order valence-electron chi connectivity index (χ2n) is 6.29. The Balaban J connectivity index is 0. The van der Waals surface area contributed by atoms with Gasteiger partial charge in [-0.2, -0.15) is 0 Å². The van der Waals surface area contributed by atoms with Crippen LogP contribution in [0, 0.1) is 0 Å². The summed E-state index contributed by atoms with van der Waals surface area (Å²) in [4.78, 5) is 11.4. The molecule has 0 saturated carbocycles. The summed E-state index contributed by atoms with van der Waals surface area (Å²) >= 11 is 0. The molecular weight excluding hydrogens is 294 g/mol. The number of hydrogen-bond acceptors (Lipinski definition) is 4. The fourth-order valence-electron chi connectivity index (χ4n) is 1.69. The summed E-state index contributed by atoms with van der Waals surface area (Å²) in [7, 11) is 0. The SMILES string of the molecule is C.CC(C)(C)OC(=O)NCC(O)C(O)C1=CCCC=C1.CCC. The highest BCUT2D eigenvalue weighted by Crippen LogP contribution is 2.15. The van der Waals surface area contributed by atoms with Gasteiger partial charge in [0.25, 0.3) is 0 Å². The summed E-state index contributed by atoms with van der Waals surface area (Å²) in [5.74, 6) is 0. The molecule has 1 aliphatic carbocycles. The lowest BCUT2D eigenvalue weighted by molar-refractivity contribution is 0.0302. The molecule has 0 fully saturated rings. The maximum Gasteiger partial charge on any atom is 0.407 e. The molecule has 5 heteroatoms. The van der Waals surface area contributed by atoms with Crippen molar-refractivity contribution in [3.63, 3.8) is 0 Å². The standard InChI is InChI=1S/C14H23NO4.C3H8.CH4/c1-14(2,3)19-13(18)15-9-11(16)12(17)10-7-5-4-6-8-10;1-3-2;/h5,7-8,11-12,16-17H,4,6,9H2,1-3H3,(H,15,18);3H2,1-2H3;1H4. The fourth-order valence-corrected chi connectivity index (χ4v) is 1.69. The summed E-state index contributed by atoms with van der Waals surface area (Å²) in [6.45, 7) is 9.47. The number of allylic oxidation sites excluding steroid dienone is 2. The molecule has 0 aromatic heterocycles. The average molecular weight is 329 g/mol. The second-order valence-corrected chi connectivity index (χ2v) is 6.29. The van der Waals surface area contributed by atoms with Gasteiger partial charge in [-0.1, -0.05) is 45.9 Å². The first-order chi connectivity index (χ1) is 10.2. The van der Waals surface area contributed by atoms with E-state index in [1.165, 1.54) is 6.42 Å². The van der Waals surface area contributed by atoms with Crippen molar-refractivity contribution in [2.24, 2.45) is 0 Å². The second kappa shape index (κ2) is 12.1. The molecular formula is C18H35NO4. The Morgan fingerprint density at radius 1 is 1.30 bits per heavy atom. The van der Waals surface area contributed by atoms with Crippen molar-refractivity contribution in [3.8, 4) is 0 Å². The van der Waals surface area contributed by atoms with E-state index in [1.54, 1.807) is 26.8 Å². The molecule has 0 radical (unpaired) electrons. The number of aliphatic hydroxyl groups excluding tert-OH is 2. The predicted octanol–water partition coefficient (Wildman–Crippen LogP) is 3.56. The van der Waals surface area contributed by atoms with E-state index in [9.17, 15) is 15.0 Å². The van der Waals surface area contributed by atoms with Gasteiger partial charge in [0.1, 0.15) is 17.8 Å². The summed E-state index contributed by atoms with van der Waals surface area (Å²) < 4.78 is 5.04. The van der Waals surface area contributed by atoms with Gasteiger partial charge in [-0.25, -0.2) is 4.79 Å². The molecule has 0 aliphatic heterocycles. The Bertz CT molecular complexity index is 383. The minimum absolute atomic E-state index is 0. The summed E-state index contributed by atoms with van der Waals surface area (Å²) in [6, 6.07) is 0. The van der Waals surface area contributed by atoms with Crippen molar-refractivity contribution >= 4 is 6.09 Å². The molecule has 0 aromatic carbocycles. The number of aliphatic hydroxyl groups is 2. The third kappa shape index (κ3) is 11.8. The van der Waals surface area contributed by atoms with E-state index in [0.29, 0.717) is 5.57 Å². The highest BCUT2D eigenvalue weighted by molar-refractivity contribution is 5.67. The van der Waals surface area contributed by atoms with Gasteiger partial charge in [0.05, 0.1) is 0 Å². The van der Waals surface area contributed by atoms with E-state index in [-0.39, 0.29) is 14.0 Å². The maximum atomic E-state index is 11.4. The predicted molar refractivity (Wildman–Crippen MR) is 95.4 cm³/mol. The van der Waals surface area contributed by atoms with Gasteiger partial charge in [0, 0.05) is 6.54 Å². The van der Waals surface area contributed by atoms with Gasteiger partial charge in [-0.15, -0.1) is 0 Å². The first kappa shape index (κ1) is 23.9. The average Bonchev–Trinajstić information content (AvgIpc) is 2.44. The molecule has 2 atom stereocenters. The lowest BCUT2D eigenvalue weighted by atomic mass is 9.98. The first-order valence-corrected chi connectivity index (χ1v) is 7.90. The molecule has 5 nitrogen and oxygen atoms in total. The van der Waals surface area contributed by atoms with Crippen LogP contribution in [-0.4, -0.2) is 40.7 Å². The van der Waals surface area contributed by atoms with E-state index >= 15 is 0 Å². The number of carbonyl (C=O) groups excluding carboxylic acids is 1. The number of alkyl carbamates (subject to hydrolysis) is 1. The largest absolute Gasteiger partial charge is 0.444 e. The monoisotopic (exact) mass is 329 g/mol. The minimum Gasteiger partial charge on any atom is -0.444 e. The van der Waals surface area contributed by atoms with E-state index in [1.807, 2.05) is 12.2 Å². The van der Waals surface area contributed by atoms with Crippen LogP contribution in [0.15, 0.2) is 23.8 Å². The molecule has 23 heavy (non-hydrogen) atoms. The van der Waals surface area contributed by atoms with Crippen molar-refractivity contribution < 1.29 is 19.7 Å². The van der Waals surface area contributed by atoms with Crippen molar-refractivity contribution in [3.05, 3.63) is 23.8 Å². The highest BCUT2D eigenvalue weighted by atomic mass is 16.6. The van der Waals surface area contributed by atoms with Crippen LogP contribution in [0.2, 0.25) is 0 Å².